The van der Waals surface area contributed by atoms with Crippen molar-refractivity contribution in [1.29, 1.82) is 0 Å². The molecule has 2 heterocycles. The lowest BCUT2D eigenvalue weighted by Crippen LogP contribution is -2.45. The third-order valence-electron chi connectivity index (χ3n) is 5.25. The van der Waals surface area contributed by atoms with E-state index >= 15 is 0 Å². The maximum absolute atomic E-state index is 12.6. The van der Waals surface area contributed by atoms with Crippen LogP contribution in [0.15, 0.2) is 35.5 Å². The number of rotatable bonds is 3. The Labute approximate surface area is 120 Å². The zero-order valence-electron chi connectivity index (χ0n) is 11.8. The second-order valence-electron chi connectivity index (χ2n) is 6.48. The first kappa shape index (κ1) is 12.4. The molecule has 4 rings (SSSR count). The van der Waals surface area contributed by atoms with Gasteiger partial charge in [0.1, 0.15) is 0 Å². The quantitative estimate of drug-likeness (QED) is 0.852. The fourth-order valence-corrected chi connectivity index (χ4v) is 4.17. The largest absolute Gasteiger partial charge is 0.331 e. The summed E-state index contributed by atoms with van der Waals surface area (Å²) in [6.07, 6.45) is 15.1. The third kappa shape index (κ3) is 1.96. The average Bonchev–Trinajstić information content (AvgIpc) is 3.11. The molecule has 0 aromatic carbocycles. The van der Waals surface area contributed by atoms with Crippen LogP contribution in [0.3, 0.4) is 0 Å². The van der Waals surface area contributed by atoms with Gasteiger partial charge in [-0.25, -0.2) is 0 Å². The summed E-state index contributed by atoms with van der Waals surface area (Å²) in [4.78, 5) is 14.7. The first-order valence-corrected chi connectivity index (χ1v) is 7.96. The monoisotopic (exact) mass is 270 g/mol. The highest BCUT2D eigenvalue weighted by atomic mass is 16.2. The molecular formula is C17H22N2O. The molecule has 2 aliphatic carbocycles. The molecule has 20 heavy (non-hydrogen) atoms. The van der Waals surface area contributed by atoms with Crippen molar-refractivity contribution in [1.82, 2.24) is 10.2 Å². The number of nitrogens with zero attached hydrogens (tertiary/aromatic N) is 1. The van der Waals surface area contributed by atoms with E-state index in [2.05, 4.69) is 34.5 Å². The van der Waals surface area contributed by atoms with E-state index in [-0.39, 0.29) is 5.91 Å². The van der Waals surface area contributed by atoms with Crippen LogP contribution >= 0.6 is 0 Å². The van der Waals surface area contributed by atoms with Crippen molar-refractivity contribution in [2.75, 3.05) is 13.1 Å². The minimum atomic E-state index is 0.260. The Hall–Kier alpha value is -1.35. The molecule has 1 saturated carbocycles. The number of carbonyl (C=O) groups excluding carboxylic acids is 1. The Morgan fingerprint density at radius 2 is 2.10 bits per heavy atom. The molecule has 3 heteroatoms. The van der Waals surface area contributed by atoms with Gasteiger partial charge >= 0.3 is 0 Å². The van der Waals surface area contributed by atoms with Crippen LogP contribution in [-0.2, 0) is 4.79 Å². The predicted octanol–water partition coefficient (Wildman–Crippen LogP) is 2.17. The minimum Gasteiger partial charge on any atom is -0.331 e. The molecule has 106 valence electrons. The molecule has 0 radical (unpaired) electrons. The lowest BCUT2D eigenvalue weighted by atomic mass is 9.86. The van der Waals surface area contributed by atoms with Crippen molar-refractivity contribution in [2.24, 2.45) is 5.92 Å². The molecule has 2 fully saturated rings. The van der Waals surface area contributed by atoms with Crippen molar-refractivity contribution in [3.63, 3.8) is 0 Å². The van der Waals surface area contributed by atoms with Crippen molar-refractivity contribution in [3.05, 3.63) is 35.5 Å². The van der Waals surface area contributed by atoms with Gasteiger partial charge in [-0.05, 0) is 30.9 Å². The Kier molecular flexibility index (Phi) is 3.03. The molecule has 1 saturated heterocycles. The fourth-order valence-electron chi connectivity index (χ4n) is 4.17. The van der Waals surface area contributed by atoms with Gasteiger partial charge in [0.05, 0.1) is 6.04 Å². The molecule has 3 nitrogen and oxygen atoms in total. The molecule has 0 spiro atoms. The van der Waals surface area contributed by atoms with Crippen molar-refractivity contribution >= 4 is 5.91 Å². The number of hydrogen-bond acceptors (Lipinski definition) is 2. The van der Waals surface area contributed by atoms with E-state index in [4.69, 9.17) is 0 Å². The maximum atomic E-state index is 12.6. The highest BCUT2D eigenvalue weighted by Crippen LogP contribution is 2.38. The molecule has 2 aliphatic heterocycles. The van der Waals surface area contributed by atoms with Crippen molar-refractivity contribution < 1.29 is 4.79 Å². The van der Waals surface area contributed by atoms with Gasteiger partial charge in [-0.2, -0.15) is 0 Å². The number of allylic oxidation sites excluding steroid dienone is 2. The molecular weight excluding hydrogens is 248 g/mol. The van der Waals surface area contributed by atoms with E-state index in [1.807, 2.05) is 0 Å². The normalized spacial score (nSPS) is 32.4. The van der Waals surface area contributed by atoms with Gasteiger partial charge in [0.2, 0.25) is 0 Å². The maximum Gasteiger partial charge on any atom is 0.251 e. The van der Waals surface area contributed by atoms with Crippen molar-refractivity contribution in [2.45, 2.75) is 44.2 Å². The number of amides is 1. The number of hydrogen-bond donors (Lipinski definition) is 1. The second kappa shape index (κ2) is 4.88. The average molecular weight is 270 g/mol. The first-order valence-electron chi connectivity index (χ1n) is 7.96. The van der Waals surface area contributed by atoms with Gasteiger partial charge < -0.3 is 10.2 Å². The lowest BCUT2D eigenvalue weighted by Gasteiger charge is -2.35. The van der Waals surface area contributed by atoms with Crippen LogP contribution < -0.4 is 5.32 Å². The summed E-state index contributed by atoms with van der Waals surface area (Å²) in [6, 6.07) is 0.940. The van der Waals surface area contributed by atoms with E-state index in [1.54, 1.807) is 0 Å². The molecule has 4 aliphatic rings. The van der Waals surface area contributed by atoms with Crippen LogP contribution in [0, 0.1) is 5.92 Å². The SMILES string of the molecule is O=C1C(CNC2CCCC2)=CC2=CC=CC3CCN1C23. The van der Waals surface area contributed by atoms with Crippen LogP contribution in [0.2, 0.25) is 0 Å². The summed E-state index contributed by atoms with van der Waals surface area (Å²) in [5.74, 6) is 0.801. The molecule has 0 aromatic heterocycles. The summed E-state index contributed by atoms with van der Waals surface area (Å²) in [6.45, 7) is 1.65. The van der Waals surface area contributed by atoms with E-state index in [9.17, 15) is 4.79 Å². The zero-order valence-corrected chi connectivity index (χ0v) is 11.8. The van der Waals surface area contributed by atoms with Crippen LogP contribution in [0.1, 0.15) is 32.1 Å². The molecule has 2 unspecified atom stereocenters. The highest BCUT2D eigenvalue weighted by Gasteiger charge is 2.42. The van der Waals surface area contributed by atoms with Gasteiger partial charge in [-0.3, -0.25) is 4.79 Å². The Morgan fingerprint density at radius 1 is 1.25 bits per heavy atom. The third-order valence-corrected chi connectivity index (χ3v) is 5.25. The van der Waals surface area contributed by atoms with E-state index < -0.39 is 0 Å². The molecule has 2 atom stereocenters. The Morgan fingerprint density at radius 3 is 2.95 bits per heavy atom. The predicted molar refractivity (Wildman–Crippen MR) is 79.2 cm³/mol. The smallest absolute Gasteiger partial charge is 0.251 e. The van der Waals surface area contributed by atoms with E-state index in [0.717, 1.165) is 25.1 Å². The Bertz CT molecular complexity index is 511. The van der Waals surface area contributed by atoms with Crippen LogP contribution in [0.25, 0.3) is 0 Å². The number of carbonyl (C=O) groups is 1. The van der Waals surface area contributed by atoms with Gasteiger partial charge in [-0.1, -0.05) is 31.1 Å². The topological polar surface area (TPSA) is 32.3 Å². The van der Waals surface area contributed by atoms with Gasteiger partial charge in [0.15, 0.2) is 0 Å². The van der Waals surface area contributed by atoms with Crippen LogP contribution in [0.5, 0.6) is 0 Å². The summed E-state index contributed by atoms with van der Waals surface area (Å²) < 4.78 is 0. The van der Waals surface area contributed by atoms with Gasteiger partial charge in [0, 0.05) is 30.6 Å². The summed E-state index contributed by atoms with van der Waals surface area (Å²) in [5.41, 5.74) is 2.29. The molecule has 0 aromatic rings. The second-order valence-corrected chi connectivity index (χ2v) is 6.48. The first-order chi connectivity index (χ1) is 9.83. The van der Waals surface area contributed by atoms with Crippen molar-refractivity contribution in [3.8, 4) is 0 Å². The lowest BCUT2D eigenvalue weighted by molar-refractivity contribution is -0.128. The highest BCUT2D eigenvalue weighted by molar-refractivity contribution is 5.97. The van der Waals surface area contributed by atoms with Gasteiger partial charge in [-0.15, -0.1) is 0 Å². The fraction of sp³-hybridized carbons (Fsp3) is 0.588. The van der Waals surface area contributed by atoms with E-state index in [0.29, 0.717) is 18.0 Å². The Balaban J connectivity index is 1.53. The van der Waals surface area contributed by atoms with Crippen LogP contribution in [-0.4, -0.2) is 36.0 Å². The van der Waals surface area contributed by atoms with Crippen LogP contribution in [0.4, 0.5) is 0 Å². The summed E-state index contributed by atoms with van der Waals surface area (Å²) in [7, 11) is 0. The van der Waals surface area contributed by atoms with E-state index in [1.165, 1.54) is 31.3 Å². The minimum absolute atomic E-state index is 0.260. The molecule has 1 amide bonds. The molecule has 1 N–H and O–H groups in total. The standard InChI is InChI=1S/C17H22N2O/c20-17-14(11-18-15-6-1-2-7-15)10-13-5-3-4-12-8-9-19(17)16(12)13/h3-5,10,12,15-16,18H,1-2,6-9,11H2. The molecule has 0 bridgehead atoms. The zero-order chi connectivity index (χ0) is 13.5. The summed E-state index contributed by atoms with van der Waals surface area (Å²) >= 11 is 0. The number of nitrogens with one attached hydrogen (secondary N) is 1. The summed E-state index contributed by atoms with van der Waals surface area (Å²) in [5, 5.41) is 3.57. The van der Waals surface area contributed by atoms with Gasteiger partial charge in [0.25, 0.3) is 5.91 Å².